The van der Waals surface area contributed by atoms with Crippen LogP contribution in [-0.2, 0) is 29.5 Å². The molecule has 9 heteroatoms. The smallest absolute Gasteiger partial charge is 0.256 e. The standard InChI is InChI=1S/C31H40N4O4S/c1-3-25-12-7-8-17-34(25)18-9-16-32-31(37)28-22-33(4-2)29-14-13-26(20-27(29)30(28)36)40(38,39)35-19-15-23-10-5-6-11-24(23)21-35/h5-6,10-11,13-14,20,22,25H,3-4,7-9,12,15-19,21H2,1-2H3,(H,32,37)/t25-/m0/s1. The van der Waals surface area contributed by atoms with Crippen molar-refractivity contribution in [2.24, 2.45) is 0 Å². The first kappa shape index (κ1) is 28.5. The Morgan fingerprint density at radius 3 is 2.62 bits per heavy atom. The predicted octanol–water partition coefficient (Wildman–Crippen LogP) is 4.15. The van der Waals surface area contributed by atoms with Gasteiger partial charge in [0.2, 0.25) is 15.5 Å². The summed E-state index contributed by atoms with van der Waals surface area (Å²) in [4.78, 5) is 29.2. The van der Waals surface area contributed by atoms with Gasteiger partial charge in [0, 0.05) is 50.3 Å². The summed E-state index contributed by atoms with van der Waals surface area (Å²) in [6.07, 6.45) is 7.94. The van der Waals surface area contributed by atoms with Crippen molar-refractivity contribution >= 4 is 26.8 Å². The number of pyridine rings is 1. The number of likely N-dealkylation sites (tertiary alicyclic amines) is 1. The SMILES string of the molecule is CC[C@H]1CCCCN1CCCNC(=O)c1cn(CC)c2ccc(S(=O)(=O)N3CCc4ccccc4C3)cc2c1=O. The minimum atomic E-state index is -3.82. The molecule has 5 rings (SSSR count). The van der Waals surface area contributed by atoms with E-state index in [1.54, 1.807) is 18.3 Å². The molecule has 1 saturated heterocycles. The van der Waals surface area contributed by atoms with Crippen LogP contribution in [0.25, 0.3) is 10.9 Å². The van der Waals surface area contributed by atoms with E-state index < -0.39 is 21.4 Å². The van der Waals surface area contributed by atoms with Crippen LogP contribution >= 0.6 is 0 Å². The van der Waals surface area contributed by atoms with Crippen molar-refractivity contribution in [3.63, 3.8) is 0 Å². The van der Waals surface area contributed by atoms with Crippen molar-refractivity contribution in [1.82, 2.24) is 19.1 Å². The average molecular weight is 565 g/mol. The number of amides is 1. The van der Waals surface area contributed by atoms with Crippen molar-refractivity contribution in [2.75, 3.05) is 26.2 Å². The normalized spacial score (nSPS) is 18.5. The van der Waals surface area contributed by atoms with E-state index in [-0.39, 0.29) is 15.8 Å². The van der Waals surface area contributed by atoms with Gasteiger partial charge in [-0.1, -0.05) is 37.6 Å². The quantitative estimate of drug-likeness (QED) is 0.394. The molecule has 2 aromatic carbocycles. The Morgan fingerprint density at radius 2 is 1.85 bits per heavy atom. The number of carbonyl (C=O) groups is 1. The number of carbonyl (C=O) groups excluding carboxylic acids is 1. The van der Waals surface area contributed by atoms with Crippen molar-refractivity contribution in [3.05, 3.63) is 75.6 Å². The summed E-state index contributed by atoms with van der Waals surface area (Å²) < 4.78 is 30.5. The predicted molar refractivity (Wildman–Crippen MR) is 158 cm³/mol. The van der Waals surface area contributed by atoms with Gasteiger partial charge in [-0.05, 0) is 74.9 Å². The molecule has 214 valence electrons. The molecule has 1 fully saturated rings. The molecule has 1 aromatic heterocycles. The summed E-state index contributed by atoms with van der Waals surface area (Å²) in [5.41, 5.74) is 2.37. The molecule has 0 bridgehead atoms. The molecular formula is C31H40N4O4S. The molecule has 0 saturated carbocycles. The van der Waals surface area contributed by atoms with E-state index in [9.17, 15) is 18.0 Å². The highest BCUT2D eigenvalue weighted by Crippen LogP contribution is 2.27. The molecule has 0 aliphatic carbocycles. The van der Waals surface area contributed by atoms with Crippen LogP contribution in [-0.4, -0.2) is 60.3 Å². The highest BCUT2D eigenvalue weighted by Gasteiger charge is 2.29. The van der Waals surface area contributed by atoms with Crippen LogP contribution in [0.3, 0.4) is 0 Å². The minimum Gasteiger partial charge on any atom is -0.352 e. The van der Waals surface area contributed by atoms with Gasteiger partial charge < -0.3 is 14.8 Å². The van der Waals surface area contributed by atoms with Crippen LogP contribution in [0.5, 0.6) is 0 Å². The number of sulfonamides is 1. The molecule has 2 aliphatic heterocycles. The van der Waals surface area contributed by atoms with Gasteiger partial charge >= 0.3 is 0 Å². The Bertz CT molecular complexity index is 1550. The van der Waals surface area contributed by atoms with Crippen molar-refractivity contribution < 1.29 is 13.2 Å². The van der Waals surface area contributed by atoms with E-state index in [1.807, 2.05) is 35.8 Å². The molecule has 0 unspecified atom stereocenters. The fourth-order valence-corrected chi connectivity index (χ4v) is 7.63. The topological polar surface area (TPSA) is 91.7 Å². The lowest BCUT2D eigenvalue weighted by molar-refractivity contribution is 0.0945. The lowest BCUT2D eigenvalue weighted by Gasteiger charge is -2.35. The molecule has 8 nitrogen and oxygen atoms in total. The van der Waals surface area contributed by atoms with Gasteiger partial charge in [-0.25, -0.2) is 8.42 Å². The Balaban J connectivity index is 1.35. The zero-order valence-corrected chi connectivity index (χ0v) is 24.4. The van der Waals surface area contributed by atoms with Gasteiger partial charge in [-0.2, -0.15) is 4.31 Å². The van der Waals surface area contributed by atoms with Gasteiger partial charge in [-0.3, -0.25) is 9.59 Å². The Labute approximate surface area is 237 Å². The first-order valence-corrected chi connectivity index (χ1v) is 16.0. The van der Waals surface area contributed by atoms with Crippen LogP contribution in [0.4, 0.5) is 0 Å². The van der Waals surface area contributed by atoms with E-state index in [1.165, 1.54) is 29.6 Å². The minimum absolute atomic E-state index is 0.0419. The number of aryl methyl sites for hydroxylation is 1. The summed E-state index contributed by atoms with van der Waals surface area (Å²) in [6, 6.07) is 13.2. The summed E-state index contributed by atoms with van der Waals surface area (Å²) in [6.45, 7) is 7.91. The zero-order valence-electron chi connectivity index (χ0n) is 23.6. The number of hydrogen-bond donors (Lipinski definition) is 1. The fraction of sp³-hybridized carbons (Fsp3) is 0.484. The third-order valence-electron chi connectivity index (χ3n) is 8.50. The number of piperidine rings is 1. The maximum Gasteiger partial charge on any atom is 0.256 e. The third-order valence-corrected chi connectivity index (χ3v) is 10.3. The Kier molecular flexibility index (Phi) is 8.73. The largest absolute Gasteiger partial charge is 0.352 e. The maximum atomic E-state index is 13.6. The maximum absolute atomic E-state index is 13.6. The summed E-state index contributed by atoms with van der Waals surface area (Å²) in [5.74, 6) is -0.416. The number of benzene rings is 2. The van der Waals surface area contributed by atoms with Gasteiger partial charge in [0.1, 0.15) is 5.56 Å². The lowest BCUT2D eigenvalue weighted by Crippen LogP contribution is -2.40. The molecule has 1 amide bonds. The number of rotatable bonds is 9. The lowest BCUT2D eigenvalue weighted by atomic mass is 10.00. The molecule has 1 atom stereocenters. The van der Waals surface area contributed by atoms with Crippen LogP contribution in [0.15, 0.2) is 58.4 Å². The van der Waals surface area contributed by atoms with Crippen molar-refractivity contribution in [3.8, 4) is 0 Å². The number of nitrogens with one attached hydrogen (secondary N) is 1. The third kappa shape index (κ3) is 5.73. The molecule has 0 radical (unpaired) electrons. The number of aromatic nitrogens is 1. The molecule has 0 spiro atoms. The second-order valence-electron chi connectivity index (χ2n) is 10.9. The monoisotopic (exact) mass is 564 g/mol. The summed E-state index contributed by atoms with van der Waals surface area (Å²) >= 11 is 0. The number of nitrogens with zero attached hydrogens (tertiary/aromatic N) is 3. The first-order chi connectivity index (χ1) is 19.3. The molecule has 3 heterocycles. The van der Waals surface area contributed by atoms with Gasteiger partial charge in [0.15, 0.2) is 0 Å². The number of fused-ring (bicyclic) bond motifs is 2. The highest BCUT2D eigenvalue weighted by molar-refractivity contribution is 7.89. The van der Waals surface area contributed by atoms with Crippen molar-refractivity contribution in [2.45, 2.75) is 76.4 Å². The Hall–Kier alpha value is -3.01. The number of hydrogen-bond acceptors (Lipinski definition) is 5. The van der Waals surface area contributed by atoms with E-state index in [0.29, 0.717) is 44.2 Å². The van der Waals surface area contributed by atoms with E-state index in [4.69, 9.17) is 0 Å². The Morgan fingerprint density at radius 1 is 1.05 bits per heavy atom. The molecule has 1 N–H and O–H groups in total. The van der Waals surface area contributed by atoms with Crippen LogP contribution < -0.4 is 10.7 Å². The highest BCUT2D eigenvalue weighted by atomic mass is 32.2. The molecule has 2 aliphatic rings. The van der Waals surface area contributed by atoms with Crippen LogP contribution in [0, 0.1) is 0 Å². The second kappa shape index (κ2) is 12.2. The van der Waals surface area contributed by atoms with Crippen LogP contribution in [0.1, 0.15) is 67.4 Å². The molecule has 3 aromatic rings. The molecule has 40 heavy (non-hydrogen) atoms. The van der Waals surface area contributed by atoms with Gasteiger partial charge in [-0.15, -0.1) is 0 Å². The van der Waals surface area contributed by atoms with Gasteiger partial charge in [0.25, 0.3) is 5.91 Å². The van der Waals surface area contributed by atoms with Crippen molar-refractivity contribution in [1.29, 1.82) is 0 Å². The summed E-state index contributed by atoms with van der Waals surface area (Å²) in [5, 5.41) is 3.17. The second-order valence-corrected chi connectivity index (χ2v) is 12.8. The molecular weight excluding hydrogens is 524 g/mol. The zero-order chi connectivity index (χ0) is 28.3. The summed E-state index contributed by atoms with van der Waals surface area (Å²) in [7, 11) is -3.82. The first-order valence-electron chi connectivity index (χ1n) is 14.6. The van der Waals surface area contributed by atoms with E-state index in [0.717, 1.165) is 37.1 Å². The average Bonchev–Trinajstić information content (AvgIpc) is 2.99. The van der Waals surface area contributed by atoms with E-state index >= 15 is 0 Å². The fourth-order valence-electron chi connectivity index (χ4n) is 6.18. The van der Waals surface area contributed by atoms with Gasteiger partial charge in [0.05, 0.1) is 10.4 Å². The van der Waals surface area contributed by atoms with E-state index in [2.05, 4.69) is 17.1 Å². The van der Waals surface area contributed by atoms with Crippen LogP contribution in [0.2, 0.25) is 0 Å².